The van der Waals surface area contributed by atoms with E-state index in [1.807, 2.05) is 6.92 Å². The summed E-state index contributed by atoms with van der Waals surface area (Å²) in [6, 6.07) is 10.7. The number of anilines is 1. The number of imide groups is 2. The van der Waals surface area contributed by atoms with Gasteiger partial charge in [0.2, 0.25) is 0 Å². The van der Waals surface area contributed by atoms with Crippen molar-refractivity contribution in [3.05, 3.63) is 59.2 Å². The van der Waals surface area contributed by atoms with Crippen LogP contribution in [0, 0.1) is 0 Å². The van der Waals surface area contributed by atoms with Crippen molar-refractivity contribution in [1.82, 2.24) is 5.32 Å². The van der Waals surface area contributed by atoms with Crippen molar-refractivity contribution in [1.29, 1.82) is 0 Å². The monoisotopic (exact) mass is 438 g/mol. The van der Waals surface area contributed by atoms with E-state index in [-0.39, 0.29) is 17.1 Å². The lowest BCUT2D eigenvalue weighted by molar-refractivity contribution is -0.144. The molecule has 0 radical (unpaired) electrons. The molecule has 1 aliphatic rings. The van der Waals surface area contributed by atoms with Gasteiger partial charge in [0.25, 0.3) is 11.8 Å². The van der Waals surface area contributed by atoms with Crippen molar-refractivity contribution >= 4 is 35.6 Å². The summed E-state index contributed by atoms with van der Waals surface area (Å²) in [5.41, 5.74) is 1.37. The van der Waals surface area contributed by atoms with E-state index in [1.165, 1.54) is 32.2 Å². The van der Waals surface area contributed by atoms with Gasteiger partial charge in [-0.2, -0.15) is 0 Å². The van der Waals surface area contributed by atoms with Crippen LogP contribution in [0.3, 0.4) is 0 Å². The molecule has 1 aliphatic heterocycles. The summed E-state index contributed by atoms with van der Waals surface area (Å²) in [5.74, 6) is -2.29. The first-order valence-corrected chi connectivity index (χ1v) is 9.83. The highest BCUT2D eigenvalue weighted by atomic mass is 16.5. The fourth-order valence-corrected chi connectivity index (χ4v) is 3.18. The maximum atomic E-state index is 13.1. The van der Waals surface area contributed by atoms with Gasteiger partial charge in [-0.15, -0.1) is 0 Å². The van der Waals surface area contributed by atoms with Gasteiger partial charge in [0.1, 0.15) is 5.57 Å². The summed E-state index contributed by atoms with van der Waals surface area (Å²) < 4.78 is 10.6. The summed E-state index contributed by atoms with van der Waals surface area (Å²) >= 11 is 0. The van der Waals surface area contributed by atoms with E-state index in [2.05, 4.69) is 5.32 Å². The van der Waals surface area contributed by atoms with Crippen LogP contribution in [0.15, 0.2) is 48.0 Å². The van der Waals surface area contributed by atoms with Crippen LogP contribution < -0.4 is 19.7 Å². The van der Waals surface area contributed by atoms with Crippen molar-refractivity contribution in [2.45, 2.75) is 26.4 Å². The van der Waals surface area contributed by atoms with Gasteiger partial charge in [-0.05, 0) is 48.7 Å². The zero-order chi connectivity index (χ0) is 23.4. The zero-order valence-electron chi connectivity index (χ0n) is 17.7. The number of ether oxygens (including phenoxy) is 2. The predicted octanol–water partition coefficient (Wildman–Crippen LogP) is 2.78. The van der Waals surface area contributed by atoms with Crippen LogP contribution in [-0.2, 0) is 20.8 Å². The van der Waals surface area contributed by atoms with E-state index >= 15 is 0 Å². The molecule has 0 aromatic heterocycles. The summed E-state index contributed by atoms with van der Waals surface area (Å²) in [7, 11) is 1.38. The predicted molar refractivity (Wildman–Crippen MR) is 116 cm³/mol. The van der Waals surface area contributed by atoms with Crippen LogP contribution in [0.1, 0.15) is 25.0 Å². The van der Waals surface area contributed by atoms with Crippen LogP contribution in [-0.4, -0.2) is 42.1 Å². The minimum Gasteiger partial charge on any atom is -0.493 e. The first-order chi connectivity index (χ1) is 15.3. The van der Waals surface area contributed by atoms with Crippen molar-refractivity contribution in [3.63, 3.8) is 0 Å². The van der Waals surface area contributed by atoms with Gasteiger partial charge in [-0.1, -0.05) is 31.2 Å². The number of hydrogen-bond acceptors (Lipinski definition) is 6. The zero-order valence-corrected chi connectivity index (χ0v) is 17.7. The summed E-state index contributed by atoms with van der Waals surface area (Å²) in [5, 5.41) is 11.2. The fourth-order valence-electron chi connectivity index (χ4n) is 3.18. The van der Waals surface area contributed by atoms with E-state index in [4.69, 9.17) is 14.6 Å². The Bertz CT molecular complexity index is 1120. The van der Waals surface area contributed by atoms with E-state index in [0.29, 0.717) is 17.7 Å². The molecule has 1 unspecified atom stereocenters. The topological polar surface area (TPSA) is 122 Å². The first kappa shape index (κ1) is 22.5. The molecule has 1 atom stereocenters. The highest BCUT2D eigenvalue weighted by molar-refractivity contribution is 6.39. The largest absolute Gasteiger partial charge is 0.493 e. The molecule has 2 aromatic rings. The number of urea groups is 1. The average molecular weight is 438 g/mol. The van der Waals surface area contributed by atoms with Gasteiger partial charge < -0.3 is 14.6 Å². The van der Waals surface area contributed by atoms with Gasteiger partial charge in [0.15, 0.2) is 17.6 Å². The molecule has 4 amide bonds. The summed E-state index contributed by atoms with van der Waals surface area (Å²) in [6.45, 7) is 3.27. The van der Waals surface area contributed by atoms with E-state index in [1.54, 1.807) is 30.3 Å². The normalized spacial score (nSPS) is 16.0. The first-order valence-electron chi connectivity index (χ1n) is 9.83. The molecule has 1 fully saturated rings. The van der Waals surface area contributed by atoms with Crippen molar-refractivity contribution < 1.29 is 33.8 Å². The molecule has 166 valence electrons. The second-order valence-corrected chi connectivity index (χ2v) is 6.95. The average Bonchev–Trinajstić information content (AvgIpc) is 2.77. The molecule has 0 aliphatic carbocycles. The number of aliphatic carboxylic acids is 1. The molecule has 1 saturated heterocycles. The standard InChI is InChI=1S/C23H22N2O7/c1-4-15-7-5-6-8-17(15)25-21(27)16(20(26)24-23(25)30)11-14-9-10-18(19(12-14)31-3)32-13(2)22(28)29/h5-13H,4H2,1-3H3,(H,28,29)(H,24,26,30)/b16-11+. The molecule has 1 heterocycles. The number of rotatable bonds is 7. The Balaban J connectivity index is 1.98. The van der Waals surface area contributed by atoms with Crippen LogP contribution in [0.25, 0.3) is 6.08 Å². The lowest BCUT2D eigenvalue weighted by atomic mass is 10.0. The minimum atomic E-state index is -1.14. The number of amides is 4. The third-order valence-electron chi connectivity index (χ3n) is 4.87. The van der Waals surface area contributed by atoms with E-state index in [9.17, 15) is 19.2 Å². The SMILES string of the molecule is CCc1ccccc1N1C(=O)NC(=O)/C(=C\c2ccc(OC(C)C(=O)O)c(OC)c2)C1=O. The maximum Gasteiger partial charge on any atom is 0.344 e. The molecule has 2 aromatic carbocycles. The van der Waals surface area contributed by atoms with E-state index in [0.717, 1.165) is 10.5 Å². The number of aryl methyl sites for hydroxylation is 1. The summed E-state index contributed by atoms with van der Waals surface area (Å²) in [6.07, 6.45) is 0.823. The number of para-hydroxylation sites is 1. The van der Waals surface area contributed by atoms with Gasteiger partial charge in [-0.3, -0.25) is 14.9 Å². The molecule has 0 saturated carbocycles. The quantitative estimate of drug-likeness (QED) is 0.503. The van der Waals surface area contributed by atoms with Crippen LogP contribution in [0.2, 0.25) is 0 Å². The van der Waals surface area contributed by atoms with Gasteiger partial charge in [0.05, 0.1) is 12.8 Å². The Morgan fingerprint density at radius 1 is 1.16 bits per heavy atom. The number of methoxy groups -OCH3 is 1. The Kier molecular flexibility index (Phi) is 6.58. The Morgan fingerprint density at radius 2 is 1.88 bits per heavy atom. The molecule has 2 N–H and O–H groups in total. The number of benzene rings is 2. The Labute approximate surface area is 184 Å². The number of carbonyl (C=O) groups excluding carboxylic acids is 3. The third kappa shape index (κ3) is 4.46. The highest BCUT2D eigenvalue weighted by Gasteiger charge is 2.37. The number of nitrogens with one attached hydrogen (secondary N) is 1. The van der Waals surface area contributed by atoms with E-state index < -0.39 is 29.9 Å². The Hall–Kier alpha value is -4.14. The number of carboxylic acid groups (broad SMARTS) is 1. The Morgan fingerprint density at radius 3 is 2.53 bits per heavy atom. The molecule has 0 spiro atoms. The second-order valence-electron chi connectivity index (χ2n) is 6.95. The van der Waals surface area contributed by atoms with Crippen LogP contribution in [0.5, 0.6) is 11.5 Å². The lowest BCUT2D eigenvalue weighted by Gasteiger charge is -2.28. The molecule has 9 nitrogen and oxygen atoms in total. The van der Waals surface area contributed by atoms with Crippen LogP contribution >= 0.6 is 0 Å². The molecular formula is C23H22N2O7. The lowest BCUT2D eigenvalue weighted by Crippen LogP contribution is -2.54. The van der Waals surface area contributed by atoms with Crippen molar-refractivity contribution in [2.24, 2.45) is 0 Å². The molecule has 9 heteroatoms. The van der Waals surface area contributed by atoms with Gasteiger partial charge in [-0.25, -0.2) is 14.5 Å². The van der Waals surface area contributed by atoms with Gasteiger partial charge >= 0.3 is 12.0 Å². The second kappa shape index (κ2) is 9.34. The fraction of sp³-hybridized carbons (Fsp3) is 0.217. The molecule has 32 heavy (non-hydrogen) atoms. The van der Waals surface area contributed by atoms with Crippen molar-refractivity contribution in [2.75, 3.05) is 12.0 Å². The molecule has 3 rings (SSSR count). The van der Waals surface area contributed by atoms with Gasteiger partial charge in [0, 0.05) is 0 Å². The number of carboxylic acids is 1. The third-order valence-corrected chi connectivity index (χ3v) is 4.87. The minimum absolute atomic E-state index is 0.192. The molecule has 0 bridgehead atoms. The number of carbonyl (C=O) groups is 4. The van der Waals surface area contributed by atoms with Crippen LogP contribution in [0.4, 0.5) is 10.5 Å². The highest BCUT2D eigenvalue weighted by Crippen LogP contribution is 2.31. The van der Waals surface area contributed by atoms with Crippen molar-refractivity contribution in [3.8, 4) is 11.5 Å². The number of nitrogens with zero attached hydrogens (tertiary/aromatic N) is 1. The number of hydrogen-bond donors (Lipinski definition) is 2. The smallest absolute Gasteiger partial charge is 0.344 e. The maximum absolute atomic E-state index is 13.1. The summed E-state index contributed by atoms with van der Waals surface area (Å²) in [4.78, 5) is 50.0. The number of barbiturate groups is 1. The molecular weight excluding hydrogens is 416 g/mol.